The summed E-state index contributed by atoms with van der Waals surface area (Å²) in [5.74, 6) is 1.22. The Morgan fingerprint density at radius 1 is 1.65 bits per heavy atom. The average molecular weight is 239 g/mol. The maximum atomic E-state index is 8.64. The second-order valence-corrected chi connectivity index (χ2v) is 4.17. The molecule has 1 aromatic rings. The van der Waals surface area contributed by atoms with Crippen molar-refractivity contribution in [1.82, 2.24) is 5.32 Å². The highest BCUT2D eigenvalue weighted by molar-refractivity contribution is 5.85. The van der Waals surface area contributed by atoms with E-state index in [2.05, 4.69) is 17.4 Å². The maximum Gasteiger partial charge on any atom is 0.156 e. The molecule has 5 heteroatoms. The zero-order valence-electron chi connectivity index (χ0n) is 10.4. The molecule has 0 aliphatic heterocycles. The van der Waals surface area contributed by atoms with Gasteiger partial charge in [0.1, 0.15) is 5.76 Å². The van der Waals surface area contributed by atoms with E-state index in [0.29, 0.717) is 0 Å². The first kappa shape index (κ1) is 13.6. The highest BCUT2D eigenvalue weighted by atomic mass is 16.4. The third-order valence-electron chi connectivity index (χ3n) is 2.77. The normalized spacial score (nSPS) is 15.8. The summed E-state index contributed by atoms with van der Waals surface area (Å²) in [7, 11) is 0. The van der Waals surface area contributed by atoms with Crippen LogP contribution in [0.3, 0.4) is 0 Å². The van der Waals surface area contributed by atoms with Gasteiger partial charge in [0.05, 0.1) is 12.3 Å². The molecular formula is C12H21N3O2. The Morgan fingerprint density at radius 3 is 2.94 bits per heavy atom. The second kappa shape index (κ2) is 6.96. The van der Waals surface area contributed by atoms with Crippen LogP contribution < -0.4 is 11.1 Å². The molecule has 0 aromatic carbocycles. The molecule has 0 aliphatic carbocycles. The molecule has 17 heavy (non-hydrogen) atoms. The van der Waals surface area contributed by atoms with Crippen LogP contribution in [0, 0.1) is 0 Å². The lowest BCUT2D eigenvalue weighted by Crippen LogP contribution is -2.45. The Hall–Kier alpha value is -1.49. The lowest BCUT2D eigenvalue weighted by molar-refractivity contribution is 0.313. The minimum atomic E-state index is -0.0772. The summed E-state index contributed by atoms with van der Waals surface area (Å²) < 4.78 is 5.27. The minimum Gasteiger partial charge on any atom is -0.469 e. The molecule has 96 valence electrons. The topological polar surface area (TPSA) is 83.8 Å². The van der Waals surface area contributed by atoms with E-state index in [-0.39, 0.29) is 17.9 Å². The van der Waals surface area contributed by atoms with Gasteiger partial charge in [0.2, 0.25) is 0 Å². The van der Waals surface area contributed by atoms with Gasteiger partial charge in [-0.3, -0.25) is 0 Å². The van der Waals surface area contributed by atoms with Crippen molar-refractivity contribution < 1.29 is 9.62 Å². The van der Waals surface area contributed by atoms with Crippen LogP contribution >= 0.6 is 0 Å². The molecule has 4 N–H and O–H groups in total. The number of hydrogen-bond donors (Lipinski definition) is 3. The molecule has 0 radical (unpaired) electrons. The molecule has 0 bridgehead atoms. The summed E-state index contributed by atoms with van der Waals surface area (Å²) in [4.78, 5) is 0. The molecule has 0 saturated heterocycles. The van der Waals surface area contributed by atoms with Gasteiger partial charge in [-0.15, -0.1) is 0 Å². The first-order valence-corrected chi connectivity index (χ1v) is 5.93. The van der Waals surface area contributed by atoms with E-state index in [9.17, 15) is 0 Å². The molecular weight excluding hydrogens is 218 g/mol. The summed E-state index contributed by atoms with van der Waals surface area (Å²) in [6.07, 6.45) is 4.30. The number of nitrogens with zero attached hydrogens (tertiary/aromatic N) is 1. The van der Waals surface area contributed by atoms with Crippen molar-refractivity contribution in [3.63, 3.8) is 0 Å². The van der Waals surface area contributed by atoms with Crippen LogP contribution in [-0.4, -0.2) is 23.1 Å². The number of rotatable bonds is 7. The van der Waals surface area contributed by atoms with E-state index in [1.165, 1.54) is 0 Å². The Kier molecular flexibility index (Phi) is 5.56. The zero-order valence-corrected chi connectivity index (χ0v) is 10.4. The van der Waals surface area contributed by atoms with Crippen LogP contribution in [0.2, 0.25) is 0 Å². The maximum absolute atomic E-state index is 8.64. The van der Waals surface area contributed by atoms with Crippen molar-refractivity contribution in [2.24, 2.45) is 10.9 Å². The van der Waals surface area contributed by atoms with E-state index in [4.69, 9.17) is 15.4 Å². The predicted octanol–water partition coefficient (Wildman–Crippen LogP) is 1.72. The largest absolute Gasteiger partial charge is 0.469 e. The van der Waals surface area contributed by atoms with Gasteiger partial charge in [0, 0.05) is 12.5 Å². The molecule has 2 atom stereocenters. The predicted molar refractivity (Wildman–Crippen MR) is 67.1 cm³/mol. The molecule has 1 aromatic heterocycles. The summed E-state index contributed by atoms with van der Waals surface area (Å²) >= 11 is 0. The zero-order chi connectivity index (χ0) is 12.7. The van der Waals surface area contributed by atoms with Crippen LogP contribution in [0.25, 0.3) is 0 Å². The smallest absolute Gasteiger partial charge is 0.156 e. The first-order valence-electron chi connectivity index (χ1n) is 5.93. The van der Waals surface area contributed by atoms with Gasteiger partial charge in [0.25, 0.3) is 0 Å². The lowest BCUT2D eigenvalue weighted by atomic mass is 10.1. The molecule has 0 fully saturated rings. The third kappa shape index (κ3) is 4.48. The van der Waals surface area contributed by atoms with Crippen molar-refractivity contribution >= 4 is 5.84 Å². The first-order chi connectivity index (χ1) is 8.17. The Labute approximate surface area is 102 Å². The van der Waals surface area contributed by atoms with E-state index < -0.39 is 0 Å². The molecule has 5 nitrogen and oxygen atoms in total. The van der Waals surface area contributed by atoms with Gasteiger partial charge in [-0.05, 0) is 31.9 Å². The Morgan fingerprint density at radius 2 is 2.41 bits per heavy atom. The van der Waals surface area contributed by atoms with Crippen molar-refractivity contribution in [3.05, 3.63) is 24.2 Å². The van der Waals surface area contributed by atoms with Gasteiger partial charge >= 0.3 is 0 Å². The molecule has 1 heterocycles. The van der Waals surface area contributed by atoms with Crippen LogP contribution in [-0.2, 0) is 6.42 Å². The van der Waals surface area contributed by atoms with Crippen LogP contribution in [0.4, 0.5) is 0 Å². The summed E-state index contributed by atoms with van der Waals surface area (Å²) in [6.45, 7) is 4.07. The van der Waals surface area contributed by atoms with Crippen LogP contribution in [0.1, 0.15) is 32.4 Å². The number of nitrogens with two attached hydrogens (primary N) is 1. The van der Waals surface area contributed by atoms with E-state index in [1.807, 2.05) is 19.1 Å². The average Bonchev–Trinajstić information content (AvgIpc) is 2.85. The molecule has 2 unspecified atom stereocenters. The monoisotopic (exact) mass is 239 g/mol. The minimum absolute atomic E-state index is 0.0772. The molecule has 0 saturated carbocycles. The number of furan rings is 1. The second-order valence-electron chi connectivity index (χ2n) is 4.17. The molecule has 1 rings (SSSR count). The van der Waals surface area contributed by atoms with Gasteiger partial charge in [-0.25, -0.2) is 0 Å². The fourth-order valence-corrected chi connectivity index (χ4v) is 1.72. The van der Waals surface area contributed by atoms with E-state index >= 15 is 0 Å². The fourth-order valence-electron chi connectivity index (χ4n) is 1.72. The van der Waals surface area contributed by atoms with Gasteiger partial charge in [0.15, 0.2) is 5.84 Å². The number of hydrogen-bond acceptors (Lipinski definition) is 4. The number of amidine groups is 1. The fraction of sp³-hybridized carbons (Fsp3) is 0.583. The van der Waals surface area contributed by atoms with Gasteiger partial charge in [-0.2, -0.15) is 0 Å². The van der Waals surface area contributed by atoms with Crippen LogP contribution in [0.15, 0.2) is 28.0 Å². The number of oxime groups is 1. The third-order valence-corrected chi connectivity index (χ3v) is 2.77. The standard InChI is InChI=1S/C12H21N3O2/c1-3-11(12(13)15-16)14-9(2)6-7-10-5-4-8-17-10/h4-5,8-9,11,14,16H,3,6-7H2,1-2H3,(H2,13,15). The summed E-state index contributed by atoms with van der Waals surface area (Å²) in [5, 5.41) is 15.0. The number of nitrogens with one attached hydrogen (secondary N) is 1. The number of aryl methyl sites for hydroxylation is 1. The van der Waals surface area contributed by atoms with E-state index in [1.54, 1.807) is 6.26 Å². The lowest BCUT2D eigenvalue weighted by Gasteiger charge is -2.20. The van der Waals surface area contributed by atoms with E-state index in [0.717, 1.165) is 25.0 Å². The van der Waals surface area contributed by atoms with Crippen molar-refractivity contribution in [2.75, 3.05) is 0 Å². The molecule has 0 aliphatic rings. The van der Waals surface area contributed by atoms with Crippen molar-refractivity contribution in [2.45, 2.75) is 45.2 Å². The van der Waals surface area contributed by atoms with Crippen LogP contribution in [0.5, 0.6) is 0 Å². The Balaban J connectivity index is 2.35. The molecule has 0 amide bonds. The van der Waals surface area contributed by atoms with Gasteiger partial charge < -0.3 is 20.7 Å². The van der Waals surface area contributed by atoms with Gasteiger partial charge in [-0.1, -0.05) is 12.1 Å². The van der Waals surface area contributed by atoms with Crippen molar-refractivity contribution in [3.8, 4) is 0 Å². The summed E-state index contributed by atoms with van der Waals surface area (Å²) in [6, 6.07) is 4.06. The highest BCUT2D eigenvalue weighted by Crippen LogP contribution is 2.06. The quantitative estimate of drug-likeness (QED) is 0.293. The molecule has 0 spiro atoms. The Bertz CT molecular complexity index is 336. The van der Waals surface area contributed by atoms with Crippen molar-refractivity contribution in [1.29, 1.82) is 0 Å². The SMILES string of the molecule is CCC(NC(C)CCc1ccco1)C(N)=NO. The summed E-state index contributed by atoms with van der Waals surface area (Å²) in [5.41, 5.74) is 5.59. The highest BCUT2D eigenvalue weighted by Gasteiger charge is 2.14.